The number of aromatic nitrogens is 4. The van der Waals surface area contributed by atoms with E-state index >= 15 is 0 Å². The van der Waals surface area contributed by atoms with Crippen LogP contribution < -0.4 is 10.0 Å². The summed E-state index contributed by atoms with van der Waals surface area (Å²) in [7, 11) is 4.19. The van der Waals surface area contributed by atoms with Gasteiger partial charge >= 0.3 is 177 Å². The molecule has 0 saturated carbocycles. The number of hydrogen-bond acceptors (Lipinski definition) is 6. The summed E-state index contributed by atoms with van der Waals surface area (Å²) in [5.74, 6) is 0.666. The van der Waals surface area contributed by atoms with Crippen molar-refractivity contribution in [2.24, 2.45) is 0 Å². The van der Waals surface area contributed by atoms with Crippen LogP contribution in [0, 0.1) is 11.3 Å². The molecule has 0 aliphatic heterocycles. The fourth-order valence-corrected chi connectivity index (χ4v) is 5.40. The van der Waals surface area contributed by atoms with Crippen LogP contribution in [-0.4, -0.2) is 60.2 Å². The Hall–Kier alpha value is -3.63. The first-order valence-corrected chi connectivity index (χ1v) is 13.8. The molecule has 2 aromatic carbocycles. The van der Waals surface area contributed by atoms with Gasteiger partial charge in [0.15, 0.2) is 0 Å². The molecule has 0 amide bonds. The second-order valence-electron chi connectivity index (χ2n) is 8.74. The molecular formula is C28H28N6OSe. The molecule has 2 aromatic heterocycles. The van der Waals surface area contributed by atoms with Crippen molar-refractivity contribution in [1.82, 2.24) is 24.6 Å². The minimum absolute atomic E-state index is 0.190. The molecule has 0 radical (unpaired) electrons. The molecule has 0 bridgehead atoms. The second kappa shape index (κ2) is 11.9. The number of nitriles is 1. The van der Waals surface area contributed by atoms with E-state index in [1.807, 2.05) is 55.7 Å². The van der Waals surface area contributed by atoms with Crippen molar-refractivity contribution < 1.29 is 0 Å². The molecule has 0 unspecified atom stereocenters. The van der Waals surface area contributed by atoms with Crippen molar-refractivity contribution in [3.8, 4) is 28.7 Å². The molecule has 0 spiro atoms. The first-order chi connectivity index (χ1) is 17.4. The van der Waals surface area contributed by atoms with Crippen LogP contribution in [0.2, 0.25) is 5.32 Å². The quantitative estimate of drug-likeness (QED) is 0.237. The van der Waals surface area contributed by atoms with E-state index in [-0.39, 0.29) is 11.6 Å². The van der Waals surface area contributed by atoms with Gasteiger partial charge in [0.2, 0.25) is 0 Å². The Balaban J connectivity index is 1.54. The zero-order chi connectivity index (χ0) is 25.5. The molecule has 182 valence electrons. The van der Waals surface area contributed by atoms with Crippen molar-refractivity contribution in [3.05, 3.63) is 94.5 Å². The second-order valence-corrected chi connectivity index (χ2v) is 11.2. The molecule has 0 saturated heterocycles. The van der Waals surface area contributed by atoms with Gasteiger partial charge < -0.3 is 0 Å². The van der Waals surface area contributed by atoms with Crippen LogP contribution in [0.25, 0.3) is 22.6 Å². The van der Waals surface area contributed by atoms with Crippen LogP contribution in [-0.2, 0) is 0 Å². The van der Waals surface area contributed by atoms with E-state index in [1.165, 1.54) is 27.0 Å². The maximum absolute atomic E-state index is 12.7. The molecule has 0 fully saturated rings. The SMILES string of the molecule is C[C@@H](c1cccc(-c2ncc([Se]CCCN(C)C)cn2)c1)n1nc(-c2cccc(C#N)c2)ccc1=O. The summed E-state index contributed by atoms with van der Waals surface area (Å²) < 4.78 is 2.68. The Morgan fingerprint density at radius 2 is 1.78 bits per heavy atom. The molecule has 36 heavy (non-hydrogen) atoms. The average molecular weight is 544 g/mol. The van der Waals surface area contributed by atoms with E-state index in [2.05, 4.69) is 40.1 Å². The van der Waals surface area contributed by atoms with Gasteiger partial charge in [-0.25, -0.2) is 0 Å². The first-order valence-electron chi connectivity index (χ1n) is 11.7. The number of nitrogens with zero attached hydrogens (tertiary/aromatic N) is 6. The predicted octanol–water partition coefficient (Wildman–Crippen LogP) is 3.55. The summed E-state index contributed by atoms with van der Waals surface area (Å²) in [5.41, 5.74) is 3.63. The van der Waals surface area contributed by atoms with Crippen LogP contribution in [0.1, 0.15) is 30.5 Å². The van der Waals surface area contributed by atoms with Crippen LogP contribution in [0.15, 0.2) is 77.9 Å². The number of benzene rings is 2. The normalized spacial score (nSPS) is 11.9. The van der Waals surface area contributed by atoms with Gasteiger partial charge in [0.1, 0.15) is 0 Å². The van der Waals surface area contributed by atoms with Gasteiger partial charge in [0, 0.05) is 0 Å². The fraction of sp³-hybridized carbons (Fsp3) is 0.250. The van der Waals surface area contributed by atoms with Crippen molar-refractivity contribution in [2.75, 3.05) is 20.6 Å². The molecule has 0 aliphatic carbocycles. The van der Waals surface area contributed by atoms with Crippen LogP contribution >= 0.6 is 0 Å². The van der Waals surface area contributed by atoms with Crippen molar-refractivity contribution in [1.29, 1.82) is 5.26 Å². The molecule has 4 aromatic rings. The fourth-order valence-electron chi connectivity index (χ4n) is 3.79. The van der Waals surface area contributed by atoms with Crippen molar-refractivity contribution >= 4 is 19.4 Å². The zero-order valence-corrected chi connectivity index (χ0v) is 22.3. The Bertz CT molecular complexity index is 1430. The molecular weight excluding hydrogens is 515 g/mol. The molecule has 2 heterocycles. The van der Waals surface area contributed by atoms with Gasteiger partial charge in [-0.1, -0.05) is 12.1 Å². The van der Waals surface area contributed by atoms with Crippen LogP contribution in [0.3, 0.4) is 0 Å². The topological polar surface area (TPSA) is 87.7 Å². The summed E-state index contributed by atoms with van der Waals surface area (Å²) in [4.78, 5) is 24.1. The molecule has 4 rings (SSSR count). The molecule has 1 atom stereocenters. The number of hydrogen-bond donors (Lipinski definition) is 0. The van der Waals surface area contributed by atoms with E-state index in [1.54, 1.807) is 18.2 Å². The standard InChI is InChI=1S/C28H28N6OSe/c1-20(34-27(35)12-11-26(32-34)23-9-4-7-21(15-23)17-29)22-8-5-10-24(16-22)28-30-18-25(19-31-28)36-14-6-13-33(2)3/h4-5,7-12,15-16,18-20H,6,13-14H2,1-3H3/t20-/m0/s1. The number of rotatable bonds is 9. The van der Waals surface area contributed by atoms with Crippen LogP contribution in [0.5, 0.6) is 0 Å². The average Bonchev–Trinajstić information content (AvgIpc) is 2.91. The molecule has 7 nitrogen and oxygen atoms in total. The molecule has 0 N–H and O–H groups in total. The maximum atomic E-state index is 12.7. The van der Waals surface area contributed by atoms with Crippen LogP contribution in [0.4, 0.5) is 0 Å². The molecule has 8 heteroatoms. The Labute approximate surface area is 217 Å². The van der Waals surface area contributed by atoms with Crippen molar-refractivity contribution in [2.45, 2.75) is 24.7 Å². The molecule has 0 aliphatic rings. The third kappa shape index (κ3) is 6.32. The van der Waals surface area contributed by atoms with Gasteiger partial charge in [-0.15, -0.1) is 0 Å². The summed E-state index contributed by atoms with van der Waals surface area (Å²) in [6, 6.07) is 20.2. The van der Waals surface area contributed by atoms with E-state index in [0.29, 0.717) is 32.0 Å². The summed E-state index contributed by atoms with van der Waals surface area (Å²) in [6.07, 6.45) is 5.03. The zero-order valence-electron chi connectivity index (χ0n) is 20.6. The third-order valence-electron chi connectivity index (χ3n) is 5.75. The van der Waals surface area contributed by atoms with Gasteiger partial charge in [-0.2, -0.15) is 5.26 Å². The third-order valence-corrected chi connectivity index (χ3v) is 7.93. The van der Waals surface area contributed by atoms with E-state index in [0.717, 1.165) is 23.2 Å². The van der Waals surface area contributed by atoms with Gasteiger partial charge in [-0.3, -0.25) is 0 Å². The first kappa shape index (κ1) is 25.5. The summed E-state index contributed by atoms with van der Waals surface area (Å²) in [5, 5.41) is 15.0. The monoisotopic (exact) mass is 544 g/mol. The Morgan fingerprint density at radius 1 is 1.03 bits per heavy atom. The Kier molecular flexibility index (Phi) is 8.40. The van der Waals surface area contributed by atoms with Crippen molar-refractivity contribution in [3.63, 3.8) is 0 Å². The van der Waals surface area contributed by atoms with E-state index in [4.69, 9.17) is 0 Å². The van der Waals surface area contributed by atoms with E-state index < -0.39 is 0 Å². The summed E-state index contributed by atoms with van der Waals surface area (Å²) in [6.45, 7) is 3.04. The van der Waals surface area contributed by atoms with Gasteiger partial charge in [0.05, 0.1) is 11.6 Å². The van der Waals surface area contributed by atoms with Gasteiger partial charge in [0.25, 0.3) is 0 Å². The predicted molar refractivity (Wildman–Crippen MR) is 143 cm³/mol. The summed E-state index contributed by atoms with van der Waals surface area (Å²) >= 11 is 0.371. The van der Waals surface area contributed by atoms with Gasteiger partial charge in [-0.05, 0) is 12.1 Å². The van der Waals surface area contributed by atoms with E-state index in [9.17, 15) is 10.1 Å². The Morgan fingerprint density at radius 3 is 2.53 bits per heavy atom. The minimum atomic E-state index is -0.296.